The maximum atomic E-state index is 11.8. The van der Waals surface area contributed by atoms with Crippen LogP contribution in [0.4, 0.5) is 0 Å². The zero-order valence-corrected chi connectivity index (χ0v) is 9.08. The fraction of sp³-hybridized carbons (Fsp3) is 0.917. The van der Waals surface area contributed by atoms with Gasteiger partial charge in [-0.1, -0.05) is 0 Å². The smallest absolute Gasteiger partial charge is 0.308 e. The van der Waals surface area contributed by atoms with Gasteiger partial charge in [0.05, 0.1) is 12.5 Å². The van der Waals surface area contributed by atoms with Crippen molar-refractivity contribution in [1.82, 2.24) is 5.32 Å². The second-order valence-electron chi connectivity index (χ2n) is 5.42. The van der Waals surface area contributed by atoms with Crippen LogP contribution in [0, 0.1) is 23.7 Å². The van der Waals surface area contributed by atoms with Crippen LogP contribution in [0.25, 0.3) is 0 Å². The van der Waals surface area contributed by atoms with Crippen molar-refractivity contribution in [2.45, 2.75) is 25.7 Å². The van der Waals surface area contributed by atoms with Crippen LogP contribution in [0.5, 0.6) is 0 Å². The predicted molar refractivity (Wildman–Crippen MR) is 56.3 cm³/mol. The topological polar surface area (TPSA) is 38.3 Å². The van der Waals surface area contributed by atoms with E-state index in [-0.39, 0.29) is 11.9 Å². The molecule has 2 saturated carbocycles. The van der Waals surface area contributed by atoms with Crippen molar-refractivity contribution >= 4 is 5.97 Å². The summed E-state index contributed by atoms with van der Waals surface area (Å²) in [5.41, 5.74) is 0. The molecule has 0 radical (unpaired) electrons. The third-order valence-electron chi connectivity index (χ3n) is 4.15. The van der Waals surface area contributed by atoms with Crippen molar-refractivity contribution in [3.8, 4) is 0 Å². The van der Waals surface area contributed by atoms with E-state index in [2.05, 4.69) is 5.32 Å². The van der Waals surface area contributed by atoms with Gasteiger partial charge in [0, 0.05) is 0 Å². The molecule has 3 aliphatic rings. The summed E-state index contributed by atoms with van der Waals surface area (Å²) in [4.78, 5) is 11.8. The summed E-state index contributed by atoms with van der Waals surface area (Å²) in [6, 6.07) is 0. The van der Waals surface area contributed by atoms with Crippen LogP contribution in [0.2, 0.25) is 0 Å². The fourth-order valence-corrected chi connectivity index (χ4v) is 2.96. The number of esters is 1. The molecule has 84 valence electrons. The lowest BCUT2D eigenvalue weighted by molar-refractivity contribution is -0.149. The molecule has 0 amide bonds. The number of hydrogen-bond acceptors (Lipinski definition) is 3. The molecular formula is C12H19NO2. The lowest BCUT2D eigenvalue weighted by Gasteiger charge is -2.10. The van der Waals surface area contributed by atoms with Gasteiger partial charge in [0.25, 0.3) is 0 Å². The van der Waals surface area contributed by atoms with Gasteiger partial charge in [-0.15, -0.1) is 0 Å². The number of rotatable bonds is 3. The van der Waals surface area contributed by atoms with Crippen molar-refractivity contribution in [3.63, 3.8) is 0 Å². The summed E-state index contributed by atoms with van der Waals surface area (Å²) in [7, 11) is 0. The molecule has 3 atom stereocenters. The van der Waals surface area contributed by atoms with Crippen LogP contribution in [-0.2, 0) is 9.53 Å². The lowest BCUT2D eigenvalue weighted by atomic mass is 10.0. The average Bonchev–Trinajstić information content (AvgIpc) is 2.79. The normalized spacial score (nSPS) is 39.1. The Bertz CT molecular complexity index is 250. The van der Waals surface area contributed by atoms with Crippen LogP contribution < -0.4 is 5.32 Å². The van der Waals surface area contributed by atoms with E-state index in [1.54, 1.807) is 0 Å². The third-order valence-corrected chi connectivity index (χ3v) is 4.15. The van der Waals surface area contributed by atoms with Crippen LogP contribution in [0.3, 0.4) is 0 Å². The Labute approximate surface area is 90.6 Å². The van der Waals surface area contributed by atoms with Crippen LogP contribution in [0.1, 0.15) is 25.7 Å². The molecule has 3 heteroatoms. The van der Waals surface area contributed by atoms with Gasteiger partial charge in [0.15, 0.2) is 0 Å². The predicted octanol–water partition coefficient (Wildman–Crippen LogP) is 1.19. The Morgan fingerprint density at radius 1 is 1.20 bits per heavy atom. The molecule has 0 spiro atoms. The summed E-state index contributed by atoms with van der Waals surface area (Å²) in [5.74, 6) is 2.46. The molecule has 0 aromatic carbocycles. The highest BCUT2D eigenvalue weighted by Crippen LogP contribution is 2.39. The van der Waals surface area contributed by atoms with Crippen LogP contribution in [0.15, 0.2) is 0 Å². The Hall–Kier alpha value is -0.570. The minimum Gasteiger partial charge on any atom is -0.465 e. The number of fused-ring (bicyclic) bond motifs is 1. The molecule has 3 rings (SSSR count). The number of carbonyl (C=O) groups is 1. The second kappa shape index (κ2) is 3.78. The lowest BCUT2D eigenvalue weighted by Crippen LogP contribution is -2.20. The summed E-state index contributed by atoms with van der Waals surface area (Å²) in [6.45, 7) is 2.90. The standard InChI is InChI=1S/C12H19NO2/c14-12(15-7-8-1-2-8)9-3-10-5-13-6-11(10)4-9/h8-11,13H,1-7H2/t9?,10-,11+. The first-order valence-electron chi connectivity index (χ1n) is 6.20. The Balaban J connectivity index is 1.48. The highest BCUT2D eigenvalue weighted by atomic mass is 16.5. The highest BCUT2D eigenvalue weighted by Gasteiger charge is 2.41. The van der Waals surface area contributed by atoms with Gasteiger partial charge < -0.3 is 10.1 Å². The molecule has 0 aromatic heterocycles. The monoisotopic (exact) mass is 209 g/mol. The average molecular weight is 209 g/mol. The van der Waals surface area contributed by atoms with E-state index in [1.807, 2.05) is 0 Å². The number of nitrogens with one attached hydrogen (secondary N) is 1. The van der Waals surface area contributed by atoms with E-state index in [1.165, 1.54) is 12.8 Å². The molecule has 1 N–H and O–H groups in total. The van der Waals surface area contributed by atoms with Crippen LogP contribution >= 0.6 is 0 Å². The van der Waals surface area contributed by atoms with Gasteiger partial charge in [0.2, 0.25) is 0 Å². The van der Waals surface area contributed by atoms with Gasteiger partial charge in [-0.25, -0.2) is 0 Å². The molecule has 1 aliphatic heterocycles. The van der Waals surface area contributed by atoms with E-state index in [9.17, 15) is 4.79 Å². The number of carbonyl (C=O) groups excluding carboxylic acids is 1. The molecule has 1 heterocycles. The zero-order chi connectivity index (χ0) is 10.3. The van der Waals surface area contributed by atoms with Gasteiger partial charge in [0.1, 0.15) is 0 Å². The van der Waals surface area contributed by atoms with E-state index < -0.39 is 0 Å². The SMILES string of the molecule is O=C(OCC1CC1)C1C[C@H]2CNC[C@H]2C1. The zero-order valence-electron chi connectivity index (χ0n) is 9.08. The van der Waals surface area contributed by atoms with Crippen molar-refractivity contribution in [2.75, 3.05) is 19.7 Å². The number of ether oxygens (including phenoxy) is 1. The summed E-state index contributed by atoms with van der Waals surface area (Å²) in [6.07, 6.45) is 4.63. The van der Waals surface area contributed by atoms with Gasteiger partial charge in [-0.05, 0) is 56.5 Å². The van der Waals surface area contributed by atoms with E-state index in [4.69, 9.17) is 4.74 Å². The molecule has 15 heavy (non-hydrogen) atoms. The highest BCUT2D eigenvalue weighted by molar-refractivity contribution is 5.73. The minimum atomic E-state index is 0.0799. The van der Waals surface area contributed by atoms with Crippen molar-refractivity contribution in [2.24, 2.45) is 23.7 Å². The quantitative estimate of drug-likeness (QED) is 0.709. The number of hydrogen-bond donors (Lipinski definition) is 1. The third kappa shape index (κ3) is 2.03. The van der Waals surface area contributed by atoms with Gasteiger partial charge >= 0.3 is 5.97 Å². The van der Waals surface area contributed by atoms with Crippen molar-refractivity contribution in [3.05, 3.63) is 0 Å². The van der Waals surface area contributed by atoms with Crippen molar-refractivity contribution in [1.29, 1.82) is 0 Å². The molecule has 1 unspecified atom stereocenters. The van der Waals surface area contributed by atoms with E-state index >= 15 is 0 Å². The summed E-state index contributed by atoms with van der Waals surface area (Å²) in [5, 5.41) is 3.39. The largest absolute Gasteiger partial charge is 0.465 e. The Morgan fingerprint density at radius 3 is 2.47 bits per heavy atom. The molecule has 2 aliphatic carbocycles. The molecule has 3 nitrogen and oxygen atoms in total. The summed E-state index contributed by atoms with van der Waals surface area (Å²) >= 11 is 0. The molecular weight excluding hydrogens is 190 g/mol. The molecule has 0 aromatic rings. The first-order chi connectivity index (χ1) is 7.33. The van der Waals surface area contributed by atoms with Crippen molar-refractivity contribution < 1.29 is 9.53 Å². The Morgan fingerprint density at radius 2 is 1.87 bits per heavy atom. The fourth-order valence-electron chi connectivity index (χ4n) is 2.96. The maximum Gasteiger partial charge on any atom is 0.308 e. The minimum absolute atomic E-state index is 0.0799. The second-order valence-corrected chi connectivity index (χ2v) is 5.42. The summed E-state index contributed by atoms with van der Waals surface area (Å²) < 4.78 is 5.36. The maximum absolute atomic E-state index is 11.8. The van der Waals surface area contributed by atoms with Crippen LogP contribution in [-0.4, -0.2) is 25.7 Å². The van der Waals surface area contributed by atoms with Gasteiger partial charge in [-0.3, -0.25) is 4.79 Å². The molecule has 1 saturated heterocycles. The van der Waals surface area contributed by atoms with E-state index in [0.717, 1.165) is 37.8 Å². The Kier molecular flexibility index (Phi) is 2.43. The first kappa shape index (κ1) is 9.64. The molecule has 0 bridgehead atoms. The van der Waals surface area contributed by atoms with Gasteiger partial charge in [-0.2, -0.15) is 0 Å². The first-order valence-corrected chi connectivity index (χ1v) is 6.20. The molecule has 3 fully saturated rings. The van der Waals surface area contributed by atoms with E-state index in [0.29, 0.717) is 12.5 Å².